The van der Waals surface area contributed by atoms with Gasteiger partial charge in [0.2, 0.25) is 0 Å². The zero-order valence-corrected chi connectivity index (χ0v) is 30.0. The molecule has 3 fully saturated rings. The van der Waals surface area contributed by atoms with Gasteiger partial charge in [-0.1, -0.05) is 109 Å². The van der Waals surface area contributed by atoms with Gasteiger partial charge in [0.1, 0.15) is 21.9 Å². The number of carboxylic acids is 1. The lowest BCUT2D eigenvalue weighted by Crippen LogP contribution is -2.51. The van der Waals surface area contributed by atoms with E-state index in [1.165, 1.54) is 17.5 Å². The fraction of sp³-hybridized carbons (Fsp3) is 0.214. The molecule has 53 heavy (non-hydrogen) atoms. The van der Waals surface area contributed by atoms with Gasteiger partial charge in [-0.15, -0.1) is 11.3 Å². The summed E-state index contributed by atoms with van der Waals surface area (Å²) < 4.78 is 18.8. The molecular formula is C42H34ClFN6O2S. The molecule has 2 unspecified atom stereocenters. The molecule has 0 spiro atoms. The Morgan fingerprint density at radius 2 is 1.43 bits per heavy atom. The van der Waals surface area contributed by atoms with Crippen LogP contribution in [0.25, 0.3) is 33.1 Å². The lowest BCUT2D eigenvalue weighted by Gasteiger charge is -2.47. The Hall–Kier alpha value is -5.45. The minimum Gasteiger partial charge on any atom is -0.481 e. The fourth-order valence-electron chi connectivity index (χ4n) is 8.75. The van der Waals surface area contributed by atoms with E-state index in [1.807, 2.05) is 78.3 Å². The van der Waals surface area contributed by atoms with Gasteiger partial charge in [-0.3, -0.25) is 4.79 Å². The molecule has 0 amide bonds. The summed E-state index contributed by atoms with van der Waals surface area (Å²) in [4.78, 5) is 32.7. The number of halogens is 2. The number of aliphatic carboxylic acids is 1. The summed E-state index contributed by atoms with van der Waals surface area (Å²) in [5.74, 6) is -1.81. The van der Waals surface area contributed by atoms with E-state index in [2.05, 4.69) is 46.3 Å². The van der Waals surface area contributed by atoms with E-state index < -0.39 is 29.3 Å². The molecule has 4 heterocycles. The molecule has 8 nitrogen and oxygen atoms in total. The number of thiophene rings is 1. The maximum Gasteiger partial charge on any atom is 0.308 e. The molecule has 0 radical (unpaired) electrons. The van der Waals surface area contributed by atoms with Crippen molar-refractivity contribution in [3.05, 3.63) is 149 Å². The Kier molecular flexibility index (Phi) is 8.51. The van der Waals surface area contributed by atoms with Crippen LogP contribution in [0.2, 0.25) is 5.15 Å². The van der Waals surface area contributed by atoms with Gasteiger partial charge in [-0.2, -0.15) is 0 Å². The largest absolute Gasteiger partial charge is 0.481 e. The number of carbonyl (C=O) groups is 1. The number of carboxylic acid groups (broad SMARTS) is 1. The molecule has 11 heteroatoms. The molecule has 3 saturated carbocycles. The SMILES string of the molecule is O=C(O)C1C2CCC(CC2)C1Nc1nc(-c2cn(C(c3ccccc3)(c3ccccc3)c3ccccc3)c3ncc(Cl)nc23)nc(-c2cccs2)c1F. The number of nitrogens with zero attached hydrogens (tertiary/aromatic N) is 5. The van der Waals surface area contributed by atoms with Crippen LogP contribution in [0.1, 0.15) is 42.4 Å². The third kappa shape index (κ3) is 5.59. The minimum atomic E-state index is -0.948. The van der Waals surface area contributed by atoms with Crippen LogP contribution in [0, 0.1) is 23.6 Å². The van der Waals surface area contributed by atoms with Crippen molar-refractivity contribution in [1.82, 2.24) is 24.5 Å². The second-order valence-electron chi connectivity index (χ2n) is 13.8. The number of hydrogen-bond acceptors (Lipinski definition) is 7. The molecule has 10 rings (SSSR count). The smallest absolute Gasteiger partial charge is 0.308 e. The number of aromatic nitrogens is 5. The maximum absolute atomic E-state index is 16.7. The highest BCUT2D eigenvalue weighted by Gasteiger charge is 2.48. The lowest BCUT2D eigenvalue weighted by atomic mass is 9.61. The average Bonchev–Trinajstić information content (AvgIpc) is 3.87. The van der Waals surface area contributed by atoms with E-state index >= 15 is 4.39 Å². The third-order valence-corrected chi connectivity index (χ3v) is 12.1. The highest BCUT2D eigenvalue weighted by atomic mass is 35.5. The quantitative estimate of drug-likeness (QED) is 0.142. The zero-order valence-electron chi connectivity index (χ0n) is 28.4. The molecule has 3 aromatic carbocycles. The Morgan fingerprint density at radius 3 is 2.00 bits per heavy atom. The van der Waals surface area contributed by atoms with Gasteiger partial charge in [-0.05, 0) is 65.7 Å². The summed E-state index contributed by atoms with van der Waals surface area (Å²) in [7, 11) is 0. The van der Waals surface area contributed by atoms with E-state index in [0.717, 1.165) is 42.4 Å². The van der Waals surface area contributed by atoms with Crippen molar-refractivity contribution in [2.24, 2.45) is 17.8 Å². The summed E-state index contributed by atoms with van der Waals surface area (Å²) >= 11 is 7.95. The molecule has 2 atom stereocenters. The lowest BCUT2D eigenvalue weighted by molar-refractivity contribution is -0.148. The third-order valence-electron chi connectivity index (χ3n) is 11.1. The minimum absolute atomic E-state index is 0.0291. The molecular weight excluding hydrogens is 707 g/mol. The number of nitrogens with one attached hydrogen (secondary N) is 1. The highest BCUT2D eigenvalue weighted by molar-refractivity contribution is 7.13. The second kappa shape index (κ2) is 13.5. The topological polar surface area (TPSA) is 106 Å². The summed E-state index contributed by atoms with van der Waals surface area (Å²) in [6.45, 7) is 0. The van der Waals surface area contributed by atoms with Crippen molar-refractivity contribution in [3.8, 4) is 22.0 Å². The van der Waals surface area contributed by atoms with Gasteiger partial charge >= 0.3 is 5.97 Å². The Bertz CT molecular complexity index is 2320. The Balaban J connectivity index is 1.31. The van der Waals surface area contributed by atoms with Gasteiger partial charge in [0.05, 0.1) is 22.6 Å². The number of fused-ring (bicyclic) bond motifs is 4. The maximum atomic E-state index is 16.7. The predicted octanol–water partition coefficient (Wildman–Crippen LogP) is 9.55. The molecule has 3 aliphatic carbocycles. The standard InChI is InChI=1S/C42H34ClFN6O2S/c43-32-23-45-40-36(46-32)30(24-50(40)42(27-11-4-1-5-12-27,28-13-6-2-7-14-28)29-15-8-3-9-16-29)38-48-37(31-17-10-22-53-31)34(44)39(49-38)47-35-26-20-18-25(19-21-26)33(35)41(51)52/h1-17,22-26,33,35H,18-21H2,(H,51,52)(H,47,48,49). The number of anilines is 1. The second-order valence-corrected chi connectivity index (χ2v) is 15.2. The summed E-state index contributed by atoms with van der Waals surface area (Å²) in [6, 6.07) is 33.8. The Morgan fingerprint density at radius 1 is 0.830 bits per heavy atom. The Labute approximate surface area is 314 Å². The first-order valence-corrected chi connectivity index (χ1v) is 19.0. The monoisotopic (exact) mass is 740 g/mol. The van der Waals surface area contributed by atoms with E-state index in [-0.39, 0.29) is 34.3 Å². The molecule has 7 aromatic rings. The van der Waals surface area contributed by atoms with Gasteiger partial charge in [0.15, 0.2) is 23.1 Å². The summed E-state index contributed by atoms with van der Waals surface area (Å²) in [5, 5.41) is 15.7. The molecule has 2 N–H and O–H groups in total. The fourth-order valence-corrected chi connectivity index (χ4v) is 9.60. The summed E-state index contributed by atoms with van der Waals surface area (Å²) in [6.07, 6.45) is 6.98. The van der Waals surface area contributed by atoms with Gasteiger partial charge in [0, 0.05) is 12.2 Å². The number of hydrogen-bond donors (Lipinski definition) is 2. The zero-order chi connectivity index (χ0) is 36.1. The number of rotatable bonds is 9. The highest BCUT2D eigenvalue weighted by Crippen LogP contribution is 2.48. The molecule has 0 aliphatic heterocycles. The molecule has 0 saturated heterocycles. The van der Waals surface area contributed by atoms with Crippen molar-refractivity contribution in [2.45, 2.75) is 37.3 Å². The average molecular weight is 741 g/mol. The van der Waals surface area contributed by atoms with Crippen molar-refractivity contribution in [1.29, 1.82) is 0 Å². The van der Waals surface area contributed by atoms with Gasteiger partial charge in [-0.25, -0.2) is 24.3 Å². The molecule has 264 valence electrons. The normalized spacial score (nSPS) is 19.7. The van der Waals surface area contributed by atoms with E-state index in [4.69, 9.17) is 31.5 Å². The summed E-state index contributed by atoms with van der Waals surface area (Å²) in [5.41, 5.74) is 3.58. The van der Waals surface area contributed by atoms with E-state index in [1.54, 1.807) is 0 Å². The molecule has 3 aliphatic rings. The van der Waals surface area contributed by atoms with Crippen LogP contribution in [0.3, 0.4) is 0 Å². The number of benzene rings is 3. The van der Waals surface area contributed by atoms with E-state index in [9.17, 15) is 9.90 Å². The van der Waals surface area contributed by atoms with Crippen LogP contribution in [0.15, 0.2) is 121 Å². The van der Waals surface area contributed by atoms with Crippen LogP contribution >= 0.6 is 22.9 Å². The van der Waals surface area contributed by atoms with Crippen LogP contribution in [-0.4, -0.2) is 41.6 Å². The van der Waals surface area contributed by atoms with Crippen LogP contribution in [0.5, 0.6) is 0 Å². The van der Waals surface area contributed by atoms with Crippen molar-refractivity contribution < 1.29 is 14.3 Å². The first-order valence-electron chi connectivity index (χ1n) is 17.7. The van der Waals surface area contributed by atoms with Crippen LogP contribution in [0.4, 0.5) is 10.2 Å². The molecule has 2 bridgehead atoms. The van der Waals surface area contributed by atoms with Crippen molar-refractivity contribution in [3.63, 3.8) is 0 Å². The van der Waals surface area contributed by atoms with Crippen molar-refractivity contribution in [2.75, 3.05) is 5.32 Å². The first kappa shape index (κ1) is 33.4. The van der Waals surface area contributed by atoms with Gasteiger partial charge < -0.3 is 15.0 Å². The van der Waals surface area contributed by atoms with Gasteiger partial charge in [0.25, 0.3) is 0 Å². The molecule has 4 aromatic heterocycles. The van der Waals surface area contributed by atoms with Crippen molar-refractivity contribution >= 4 is 45.9 Å². The van der Waals surface area contributed by atoms with Crippen LogP contribution < -0.4 is 5.32 Å². The predicted molar refractivity (Wildman–Crippen MR) is 205 cm³/mol. The first-order chi connectivity index (χ1) is 25.9. The van der Waals surface area contributed by atoms with E-state index in [0.29, 0.717) is 21.6 Å². The van der Waals surface area contributed by atoms with Crippen LogP contribution in [-0.2, 0) is 10.3 Å².